The van der Waals surface area contributed by atoms with Gasteiger partial charge in [0, 0.05) is 86.8 Å². The molecule has 0 unspecified atom stereocenters. The Labute approximate surface area is 678 Å². The fraction of sp³-hybridized carbons (Fsp3) is 0.200. The van der Waals surface area contributed by atoms with E-state index in [0.717, 1.165) is 95.5 Å². The lowest BCUT2D eigenvalue weighted by molar-refractivity contribution is 0.326. The molecule has 2 N–H and O–H groups in total. The normalized spacial score (nSPS) is 18.9. The van der Waals surface area contributed by atoms with Gasteiger partial charge in [0.2, 0.25) is 23.3 Å². The summed E-state index contributed by atoms with van der Waals surface area (Å²) < 4.78 is 326. The Kier molecular flexibility index (Phi) is 20.4. The fourth-order valence-electron chi connectivity index (χ4n) is 15.0. The smallest absolute Gasteiger partial charge is 0.200 e. The summed E-state index contributed by atoms with van der Waals surface area (Å²) in [6.07, 6.45) is 8.41. The van der Waals surface area contributed by atoms with Gasteiger partial charge in [-0.2, -0.15) is 0 Å². The maximum atomic E-state index is 17.0. The molecule has 614 valence electrons. The molecule has 10 aromatic rings. The van der Waals surface area contributed by atoms with Crippen LogP contribution in [0.25, 0.3) is 43.2 Å². The van der Waals surface area contributed by atoms with Crippen LogP contribution in [0.5, 0.6) is 11.5 Å². The first-order valence-corrected chi connectivity index (χ1v) is 38.3. The highest BCUT2D eigenvalue weighted by Gasteiger charge is 2.42. The van der Waals surface area contributed by atoms with Crippen molar-refractivity contribution in [3.63, 3.8) is 0 Å². The van der Waals surface area contributed by atoms with Crippen LogP contribution in [0, 0.1) is 116 Å². The minimum atomic E-state index is -2.66. The van der Waals surface area contributed by atoms with Gasteiger partial charge in [0.25, 0.3) is 0 Å². The number of hydrogen-bond acceptors (Lipinski definition) is 6. The van der Waals surface area contributed by atoms with E-state index in [2.05, 4.69) is 9.97 Å². The van der Waals surface area contributed by atoms with Crippen molar-refractivity contribution in [1.82, 2.24) is 9.97 Å². The van der Waals surface area contributed by atoms with Crippen molar-refractivity contribution in [2.24, 2.45) is 20.0 Å². The summed E-state index contributed by atoms with van der Waals surface area (Å²) in [6, 6.07) is 16.0. The third kappa shape index (κ3) is 13.7. The van der Waals surface area contributed by atoms with Gasteiger partial charge in [0.1, 0.15) is 0 Å². The summed E-state index contributed by atoms with van der Waals surface area (Å²) in [6.45, 7) is 21.5. The molecule has 6 aromatic carbocycles. The lowest BCUT2D eigenvalue weighted by Crippen LogP contribution is -2.17. The number of nitrogens with zero attached hydrogens (tertiary/aromatic N) is 4. The number of allylic oxidation sites excluding steroid dienone is 8. The van der Waals surface area contributed by atoms with E-state index in [-0.39, 0.29) is 44.1 Å². The van der Waals surface area contributed by atoms with Gasteiger partial charge in [-0.15, -0.1) is 22.7 Å². The quantitative estimate of drug-likeness (QED) is 0.0856. The van der Waals surface area contributed by atoms with Gasteiger partial charge in [-0.1, -0.05) is 83.1 Å². The number of halogens is 20. The zero-order valence-electron chi connectivity index (χ0n) is 64.7. The average Bonchev–Trinajstić information content (AvgIpc) is 1.57. The van der Waals surface area contributed by atoms with Crippen LogP contribution in [0.15, 0.2) is 164 Å². The van der Waals surface area contributed by atoms with Crippen LogP contribution in [0.2, 0.25) is 0 Å². The Morgan fingerprint density at radius 1 is 0.267 bits per heavy atom. The predicted molar refractivity (Wildman–Crippen MR) is 417 cm³/mol. The molecule has 0 amide bonds. The second-order valence-corrected chi connectivity index (χ2v) is 35.2. The van der Waals surface area contributed by atoms with Crippen molar-refractivity contribution in [1.29, 1.82) is 0 Å². The van der Waals surface area contributed by atoms with Crippen LogP contribution in [0.3, 0.4) is 0 Å². The number of nitrogens with one attached hydrogen (secondary N) is 2. The maximum absolute atomic E-state index is 17.0. The van der Waals surface area contributed by atoms with Crippen LogP contribution in [-0.4, -0.2) is 32.8 Å². The van der Waals surface area contributed by atoms with Crippen LogP contribution >= 0.6 is 22.7 Å². The predicted octanol–water partition coefficient (Wildman–Crippen LogP) is 26.4. The van der Waals surface area contributed by atoms with Crippen molar-refractivity contribution in [3.05, 3.63) is 338 Å². The molecule has 5 aliphatic heterocycles. The van der Waals surface area contributed by atoms with Gasteiger partial charge in [-0.05, 0) is 154 Å². The summed E-state index contributed by atoms with van der Waals surface area (Å²) in [7, 11) is 0. The largest absolute Gasteiger partial charge is 0.354 e. The molecule has 8 nitrogen and oxygen atoms in total. The molecule has 0 spiro atoms. The number of aliphatic imine (C=N–C) groups is 4. The minimum Gasteiger partial charge on any atom is -0.354 e. The van der Waals surface area contributed by atoms with Gasteiger partial charge in [-0.3, -0.25) is 30.2 Å². The summed E-state index contributed by atoms with van der Waals surface area (Å²) >= 11 is 1.92. The summed E-state index contributed by atoms with van der Waals surface area (Å²) in [5.41, 5.74) is -19.4. The van der Waals surface area contributed by atoms with Gasteiger partial charge < -0.3 is 9.97 Å². The molecule has 0 atom stereocenters. The topological polar surface area (TPSA) is 121 Å². The molecule has 5 aliphatic rings. The number of H-pyrrole nitrogens is 2. The minimum absolute atomic E-state index is 0.134. The third-order valence-corrected chi connectivity index (χ3v) is 23.3. The molecule has 12 bridgehead atoms. The lowest BCUT2D eigenvalue weighted by Gasteiger charge is -2.26. The van der Waals surface area contributed by atoms with E-state index in [1.807, 2.05) is 0 Å². The highest BCUT2D eigenvalue weighted by atomic mass is 32.1. The molecule has 4 aromatic heterocycles. The second kappa shape index (κ2) is 29.5. The lowest BCUT2D eigenvalue weighted by atomic mass is 9.78. The van der Waals surface area contributed by atoms with Gasteiger partial charge in [0.15, 0.2) is 105 Å². The van der Waals surface area contributed by atoms with E-state index in [0.29, 0.717) is 43.1 Å². The number of aromatic nitrogens is 2. The van der Waals surface area contributed by atoms with Gasteiger partial charge in [0.05, 0.1) is 79.7 Å². The highest BCUT2D eigenvalue weighted by molar-refractivity contribution is 7.16. The number of thiophene rings is 2. The Morgan fingerprint density at radius 2 is 0.458 bits per heavy atom. The van der Waals surface area contributed by atoms with Crippen molar-refractivity contribution in [3.8, 4) is 32.4 Å². The molecule has 30 heteroatoms. The zero-order chi connectivity index (χ0) is 87.0. The molecule has 0 saturated heterocycles. The first-order chi connectivity index (χ1) is 56.2. The second-order valence-electron chi connectivity index (χ2n) is 32.9. The molecular weight excluding hydrogens is 1640 g/mol. The van der Waals surface area contributed by atoms with Crippen LogP contribution < -0.4 is 0 Å². The fourth-order valence-corrected chi connectivity index (χ4v) is 17.2. The monoisotopic (exact) mass is 1700 g/mol. The molecule has 0 fully saturated rings. The van der Waals surface area contributed by atoms with E-state index in [1.54, 1.807) is 119 Å². The molecule has 15 rings (SSSR count). The number of hydrogen-bond donors (Lipinski definition) is 2. The van der Waals surface area contributed by atoms with Gasteiger partial charge in [-0.25, -0.2) is 87.8 Å². The SMILES string of the molecule is CC(C)(C)c1cc(-c2ccc(C3C4=N/C(=C(/c5c(F)c(F)c(F)c(F)c5F)c5ccc([nH]5)/C(c5c(F)c(F)c(F)c(F)c5F)=C5/C=CC(=N5)C(c5ccc(-c6cc(C(C)(C)C)c([O])c(C(C)(C)C)c6)s5)C5=N/C(=C(/c6c(F)c(F)c(F)c(F)c6F)c6ccc([nH]6)/C(c6c(F)c(F)c(F)c(F)c6F)=C6/C=CC3=N6)C=C5)C=C4)s2)cc(C(C)(C)C)c1[O]. The maximum Gasteiger partial charge on any atom is 0.200 e. The first kappa shape index (κ1) is 83.2. The molecule has 0 aliphatic carbocycles. The molecular formula is C90H60F20N6O2S2. The van der Waals surface area contributed by atoms with E-state index >= 15 is 87.8 Å². The first-order valence-electron chi connectivity index (χ1n) is 36.6. The van der Waals surface area contributed by atoms with E-state index in [9.17, 15) is 10.2 Å². The Morgan fingerprint density at radius 3 is 0.650 bits per heavy atom. The summed E-state index contributed by atoms with van der Waals surface area (Å²) in [5, 5.41) is 28.5. The highest BCUT2D eigenvalue weighted by Crippen LogP contribution is 2.51. The van der Waals surface area contributed by atoms with Crippen LogP contribution in [-0.2, 0) is 31.9 Å². The van der Waals surface area contributed by atoms with Crippen molar-refractivity contribution >= 4 is 67.8 Å². The van der Waals surface area contributed by atoms with E-state index in [4.69, 9.17) is 20.0 Å². The van der Waals surface area contributed by atoms with Crippen molar-refractivity contribution in [2.75, 3.05) is 0 Å². The average molecular weight is 1700 g/mol. The number of benzene rings is 6. The van der Waals surface area contributed by atoms with E-state index < -0.39 is 240 Å². The van der Waals surface area contributed by atoms with E-state index in [1.165, 1.54) is 12.1 Å². The van der Waals surface area contributed by atoms with Crippen molar-refractivity contribution < 1.29 is 98.0 Å². The molecule has 2 radical (unpaired) electrons. The van der Waals surface area contributed by atoms with Crippen LogP contribution in [0.1, 0.15) is 172 Å². The zero-order valence-corrected chi connectivity index (χ0v) is 66.3. The Bertz CT molecular complexity index is 5770. The Hall–Kier alpha value is -11.9. The molecule has 120 heavy (non-hydrogen) atoms. The standard InChI is InChI=1S/C90H60F20N6O2S2/c1-87(2,3)35-29-33(30-36(85(35)117)88(4,5)6)51-25-27-53(119-51)55-39-13-17-43(111-39)57(61-65(91)73(99)81(107)74(100)66(61)92)47-21-23-49(115-47)59(63-69(95)77(103)83(109)78(104)70(63)96)45-19-15-41(113-45)56(54-28-26-52(120-54)34-31-37(89(7,8)9)86(118)38(32-34)90(10,11)12)42-16-20-46(114-42)60(64-71(97)79(105)84(110)80(106)72(64)98)50-24-22-48(116-50)58(44-18-14-40(55)112-44)62-67(93)75(101)82(108)76(102)68(62)94/h13-32,55-56,115-116H,1-12H3/b57-43+,58-44+,59-45+,60-46+. The summed E-state index contributed by atoms with van der Waals surface area (Å²) in [5.74, 6) is -54.8. The third-order valence-electron chi connectivity index (χ3n) is 20.9. The molecule has 9 heterocycles. The summed E-state index contributed by atoms with van der Waals surface area (Å²) in [4.78, 5) is 25.2. The number of rotatable bonds is 8. The van der Waals surface area contributed by atoms with Crippen molar-refractivity contribution in [2.45, 2.75) is 117 Å². The van der Waals surface area contributed by atoms with Crippen LogP contribution in [0.4, 0.5) is 87.8 Å². The molecule has 0 saturated carbocycles. The number of aromatic amines is 2. The number of fused-ring (bicyclic) bond motifs is 8. The van der Waals surface area contributed by atoms with Gasteiger partial charge >= 0.3 is 0 Å². The Balaban J connectivity index is 1.08.